The average molecular weight is 478 g/mol. The Morgan fingerprint density at radius 2 is 1.65 bits per heavy atom. The monoisotopic (exact) mass is 477 g/mol. The van der Waals surface area contributed by atoms with Crippen LogP contribution in [0.15, 0.2) is 42.6 Å². The van der Waals surface area contributed by atoms with E-state index in [9.17, 15) is 9.90 Å². The summed E-state index contributed by atoms with van der Waals surface area (Å²) in [6, 6.07) is 12.6. The highest BCUT2D eigenvalue weighted by Crippen LogP contribution is 2.51. The zero-order chi connectivity index (χ0) is 24.0. The maximum Gasteiger partial charge on any atom is 0.134 e. The van der Waals surface area contributed by atoms with E-state index < -0.39 is 5.41 Å². The second-order valence-corrected chi connectivity index (χ2v) is 10.6. The highest BCUT2D eigenvalue weighted by Gasteiger charge is 2.47. The van der Waals surface area contributed by atoms with Gasteiger partial charge in [0.15, 0.2) is 0 Å². The topological polar surface area (TPSA) is 56.7 Å². The van der Waals surface area contributed by atoms with Gasteiger partial charge >= 0.3 is 0 Å². The van der Waals surface area contributed by atoms with Crippen molar-refractivity contribution >= 4 is 34.5 Å². The summed E-state index contributed by atoms with van der Waals surface area (Å²) >= 11 is 6.20. The number of halogens is 1. The number of carbonyl (C=O) groups excluding carboxylic acids is 1. The van der Waals surface area contributed by atoms with E-state index >= 15 is 0 Å². The van der Waals surface area contributed by atoms with E-state index in [2.05, 4.69) is 37.0 Å². The first-order valence-corrected chi connectivity index (χ1v) is 12.5. The second kappa shape index (κ2) is 8.86. The number of benzene rings is 2. The van der Waals surface area contributed by atoms with Crippen LogP contribution in [0, 0.1) is 0 Å². The molecule has 178 valence electrons. The molecule has 3 aromatic rings. The molecule has 1 aromatic heterocycles. The van der Waals surface area contributed by atoms with E-state index in [0.717, 1.165) is 65.3 Å². The molecular weight excluding hydrogens is 446 g/mol. The quantitative estimate of drug-likeness (QED) is 0.454. The molecule has 0 spiro atoms. The Balaban J connectivity index is 1.62. The molecule has 1 heterocycles. The maximum atomic E-state index is 12.2. The molecule has 0 radical (unpaired) electrons. The highest BCUT2D eigenvalue weighted by atomic mass is 35.5. The Kier molecular flexibility index (Phi) is 6.03. The number of aromatic nitrogens is 1. The van der Waals surface area contributed by atoms with Crippen molar-refractivity contribution in [2.24, 2.45) is 0 Å². The van der Waals surface area contributed by atoms with Crippen LogP contribution < -0.4 is 4.90 Å². The van der Waals surface area contributed by atoms with Gasteiger partial charge in [0.25, 0.3) is 0 Å². The maximum absolute atomic E-state index is 12.2. The minimum absolute atomic E-state index is 0.0746. The van der Waals surface area contributed by atoms with Gasteiger partial charge in [0.2, 0.25) is 0 Å². The van der Waals surface area contributed by atoms with E-state index in [1.165, 1.54) is 12.8 Å². The predicted molar refractivity (Wildman–Crippen MR) is 139 cm³/mol. The number of hydrogen-bond donors (Lipinski definition) is 1. The molecule has 6 heteroatoms. The molecule has 0 unspecified atom stereocenters. The van der Waals surface area contributed by atoms with E-state index in [1.54, 1.807) is 12.1 Å². The number of rotatable bonds is 6. The second-order valence-electron chi connectivity index (χ2n) is 10.2. The van der Waals surface area contributed by atoms with Crippen LogP contribution >= 0.6 is 11.6 Å². The molecule has 5 rings (SSSR count). The Labute approximate surface area is 206 Å². The van der Waals surface area contributed by atoms with Gasteiger partial charge in [-0.05, 0) is 88.0 Å². The zero-order valence-corrected chi connectivity index (χ0v) is 20.8. The third kappa shape index (κ3) is 4.05. The van der Waals surface area contributed by atoms with Crippen LogP contribution in [0.1, 0.15) is 44.1 Å². The summed E-state index contributed by atoms with van der Waals surface area (Å²) in [4.78, 5) is 21.7. The molecule has 2 fully saturated rings. The first-order valence-electron chi connectivity index (χ1n) is 12.1. The van der Waals surface area contributed by atoms with Crippen LogP contribution in [0.25, 0.3) is 22.0 Å². The fraction of sp³-hybridized carbons (Fsp3) is 0.429. The lowest BCUT2D eigenvalue weighted by molar-refractivity contribution is -0.109. The van der Waals surface area contributed by atoms with Gasteiger partial charge in [0.1, 0.15) is 12.0 Å². The molecule has 2 saturated carbocycles. The number of phenolic OH excluding ortho intramolecular Hbond substituents is 1. The number of aromatic hydroxyl groups is 1. The summed E-state index contributed by atoms with van der Waals surface area (Å²) in [6.45, 7) is 0. The summed E-state index contributed by atoms with van der Waals surface area (Å²) in [6.07, 6.45) is 9.43. The first kappa shape index (κ1) is 23.1. The van der Waals surface area contributed by atoms with Crippen molar-refractivity contribution in [3.63, 3.8) is 0 Å². The molecule has 2 aliphatic rings. The molecule has 34 heavy (non-hydrogen) atoms. The zero-order valence-electron chi connectivity index (χ0n) is 20.1. The lowest BCUT2D eigenvalue weighted by atomic mass is 9.87. The van der Waals surface area contributed by atoms with Crippen molar-refractivity contribution in [1.29, 1.82) is 0 Å². The number of nitrogens with zero attached hydrogens (tertiary/aromatic N) is 3. The Morgan fingerprint density at radius 1 is 1.00 bits per heavy atom. The fourth-order valence-corrected chi connectivity index (χ4v) is 5.70. The van der Waals surface area contributed by atoms with Crippen molar-refractivity contribution in [1.82, 2.24) is 9.88 Å². The van der Waals surface area contributed by atoms with Crippen LogP contribution in [0.4, 0.5) is 5.69 Å². The van der Waals surface area contributed by atoms with Crippen molar-refractivity contribution in [2.75, 3.05) is 26.0 Å². The molecule has 2 aromatic carbocycles. The summed E-state index contributed by atoms with van der Waals surface area (Å²) < 4.78 is 0. The largest absolute Gasteiger partial charge is 0.506 e. The standard InChI is InChI=1S/C28H32ClN3O2/c1-31(2)20-6-8-21(9-7-20)32(3)27-22-14-18(19-5-11-26(34)24(29)15-19)4-10-25(22)30-16-23(27)28(17-33)12-13-28/h4-5,10-11,14-17,20-21,34H,6-9,12-13H2,1-3H3/t20-,21-. The van der Waals surface area contributed by atoms with Crippen LogP contribution in [-0.4, -0.2) is 54.5 Å². The number of anilines is 1. The van der Waals surface area contributed by atoms with E-state index in [0.29, 0.717) is 17.1 Å². The number of fused-ring (bicyclic) bond motifs is 1. The van der Waals surface area contributed by atoms with Gasteiger partial charge in [-0.3, -0.25) is 4.98 Å². The minimum Gasteiger partial charge on any atom is -0.506 e. The average Bonchev–Trinajstić information content (AvgIpc) is 3.65. The lowest BCUT2D eigenvalue weighted by Gasteiger charge is -2.39. The van der Waals surface area contributed by atoms with Gasteiger partial charge in [0.05, 0.1) is 21.6 Å². The minimum atomic E-state index is -0.413. The molecule has 2 aliphatic carbocycles. The van der Waals surface area contributed by atoms with E-state index in [4.69, 9.17) is 16.6 Å². The van der Waals surface area contributed by atoms with Crippen molar-refractivity contribution in [2.45, 2.75) is 56.0 Å². The summed E-state index contributed by atoms with van der Waals surface area (Å²) in [5, 5.41) is 11.2. The van der Waals surface area contributed by atoms with E-state index in [1.807, 2.05) is 24.4 Å². The van der Waals surface area contributed by atoms with E-state index in [-0.39, 0.29) is 5.75 Å². The van der Waals surface area contributed by atoms with Gasteiger partial charge in [0, 0.05) is 36.3 Å². The third-order valence-electron chi connectivity index (χ3n) is 7.97. The molecule has 1 N–H and O–H groups in total. The van der Waals surface area contributed by atoms with Crippen LogP contribution in [0.5, 0.6) is 5.75 Å². The normalized spacial score (nSPS) is 21.6. The number of pyridine rings is 1. The van der Waals surface area contributed by atoms with Gasteiger partial charge in [-0.25, -0.2) is 0 Å². The van der Waals surface area contributed by atoms with Crippen molar-refractivity contribution in [3.8, 4) is 16.9 Å². The van der Waals surface area contributed by atoms with Crippen molar-refractivity contribution < 1.29 is 9.90 Å². The Hall–Kier alpha value is -2.63. The summed E-state index contributed by atoms with van der Waals surface area (Å²) in [5.74, 6) is 0.0746. The molecule has 0 saturated heterocycles. The number of aldehydes is 1. The number of hydrogen-bond acceptors (Lipinski definition) is 5. The van der Waals surface area contributed by atoms with Gasteiger partial charge in [-0.1, -0.05) is 23.7 Å². The van der Waals surface area contributed by atoms with Crippen LogP contribution in [-0.2, 0) is 10.2 Å². The summed E-state index contributed by atoms with van der Waals surface area (Å²) in [7, 11) is 6.52. The molecule has 5 nitrogen and oxygen atoms in total. The van der Waals surface area contributed by atoms with Crippen LogP contribution in [0.2, 0.25) is 5.02 Å². The van der Waals surface area contributed by atoms with Crippen LogP contribution in [0.3, 0.4) is 0 Å². The predicted octanol–water partition coefficient (Wildman–Crippen LogP) is 5.80. The van der Waals surface area contributed by atoms with Crippen molar-refractivity contribution in [3.05, 3.63) is 53.2 Å². The number of phenols is 1. The van der Waals surface area contributed by atoms with Gasteiger partial charge in [-0.2, -0.15) is 0 Å². The fourth-order valence-electron chi connectivity index (χ4n) is 5.52. The van der Waals surface area contributed by atoms with Gasteiger partial charge < -0.3 is 19.7 Å². The molecular formula is C28H32ClN3O2. The molecule has 0 bridgehead atoms. The SMILES string of the molecule is CN(C)[C@H]1CC[C@H](N(C)c2c(C3(C=O)CC3)cnc3ccc(-c4ccc(O)c(Cl)c4)cc23)CC1. The first-order chi connectivity index (χ1) is 16.3. The Bertz CT molecular complexity index is 1230. The molecule has 0 amide bonds. The Morgan fingerprint density at radius 3 is 2.26 bits per heavy atom. The molecule has 0 atom stereocenters. The lowest BCUT2D eigenvalue weighted by Crippen LogP contribution is -2.41. The highest BCUT2D eigenvalue weighted by molar-refractivity contribution is 6.32. The summed E-state index contributed by atoms with van der Waals surface area (Å²) in [5.41, 5.74) is 4.64. The number of carbonyl (C=O) groups is 1. The van der Waals surface area contributed by atoms with Gasteiger partial charge in [-0.15, -0.1) is 0 Å². The third-order valence-corrected chi connectivity index (χ3v) is 8.27. The smallest absolute Gasteiger partial charge is 0.134 e. The molecule has 0 aliphatic heterocycles.